The predicted octanol–water partition coefficient (Wildman–Crippen LogP) is 5.93. The summed E-state index contributed by atoms with van der Waals surface area (Å²) in [5.74, 6) is 0.578. The Hall–Kier alpha value is -3.25. The highest BCUT2D eigenvalue weighted by molar-refractivity contribution is 6.05. The zero-order valence-electron chi connectivity index (χ0n) is 18.2. The monoisotopic (exact) mass is 422 g/mol. The smallest absolute Gasteiger partial charge is 0.257 e. The maximum Gasteiger partial charge on any atom is 0.257 e. The summed E-state index contributed by atoms with van der Waals surface area (Å²) in [6.07, 6.45) is 0.909. The maximum absolute atomic E-state index is 13.0. The van der Waals surface area contributed by atoms with E-state index in [-0.39, 0.29) is 23.9 Å². The molecule has 0 aliphatic carbocycles. The maximum atomic E-state index is 13.0. The van der Waals surface area contributed by atoms with Gasteiger partial charge < -0.3 is 14.8 Å². The van der Waals surface area contributed by atoms with Crippen molar-refractivity contribution in [3.63, 3.8) is 0 Å². The van der Waals surface area contributed by atoms with Gasteiger partial charge in [0.1, 0.15) is 17.3 Å². The zero-order valence-corrected chi connectivity index (χ0v) is 18.2. The van der Waals surface area contributed by atoms with Crippen LogP contribution in [0.5, 0.6) is 11.5 Å². The highest BCUT2D eigenvalue weighted by Crippen LogP contribution is 2.23. The summed E-state index contributed by atoms with van der Waals surface area (Å²) in [5, 5.41) is 2.88. The quantitative estimate of drug-likeness (QED) is 0.489. The van der Waals surface area contributed by atoms with E-state index in [4.69, 9.17) is 9.47 Å². The molecule has 0 saturated carbocycles. The van der Waals surface area contributed by atoms with Gasteiger partial charge in [-0.25, -0.2) is 4.39 Å². The molecule has 6 heteroatoms. The van der Waals surface area contributed by atoms with Gasteiger partial charge in [-0.3, -0.25) is 9.78 Å². The SMILES string of the molecule is Cc1nc(CC(C)OC(C)C)ccc1C(=O)Nc1ccc(Oc2ccc(F)cc2)cc1. The number of hydrogen-bond donors (Lipinski definition) is 1. The average molecular weight is 423 g/mol. The molecule has 5 nitrogen and oxygen atoms in total. The summed E-state index contributed by atoms with van der Waals surface area (Å²) in [6.45, 7) is 7.85. The Kier molecular flexibility index (Phi) is 7.36. The summed E-state index contributed by atoms with van der Waals surface area (Å²) in [5.41, 5.74) is 2.72. The number of nitrogens with zero attached hydrogens (tertiary/aromatic N) is 1. The van der Waals surface area contributed by atoms with Crippen molar-refractivity contribution in [1.82, 2.24) is 4.98 Å². The molecule has 1 atom stereocenters. The fraction of sp³-hybridized carbons (Fsp3) is 0.280. The van der Waals surface area contributed by atoms with Crippen LogP contribution in [0.1, 0.15) is 42.5 Å². The standard InChI is InChI=1S/C25H27FN2O3/c1-16(2)30-17(3)15-21-9-14-24(18(4)27-21)25(29)28-20-7-12-23(13-8-20)31-22-10-5-19(26)6-11-22/h5-14,16-17H,15H2,1-4H3,(H,28,29). The molecule has 0 aliphatic rings. The third-order valence-corrected chi connectivity index (χ3v) is 4.55. The normalized spacial score (nSPS) is 11.9. The molecule has 1 amide bonds. The summed E-state index contributed by atoms with van der Waals surface area (Å²) < 4.78 is 24.4. The Morgan fingerprint density at radius 2 is 1.58 bits per heavy atom. The van der Waals surface area contributed by atoms with Crippen LogP contribution < -0.4 is 10.1 Å². The number of benzene rings is 2. The molecule has 2 aromatic carbocycles. The molecule has 0 saturated heterocycles. The first-order valence-electron chi connectivity index (χ1n) is 10.3. The number of hydrogen-bond acceptors (Lipinski definition) is 4. The number of nitrogens with one attached hydrogen (secondary N) is 1. The van der Waals surface area contributed by atoms with Crippen molar-refractivity contribution in [2.24, 2.45) is 0 Å². The lowest BCUT2D eigenvalue weighted by atomic mass is 10.1. The number of carbonyl (C=O) groups is 1. The molecule has 1 N–H and O–H groups in total. The first-order valence-corrected chi connectivity index (χ1v) is 10.3. The van der Waals surface area contributed by atoms with Gasteiger partial charge in [-0.2, -0.15) is 0 Å². The van der Waals surface area contributed by atoms with Crippen LogP contribution in [0, 0.1) is 12.7 Å². The lowest BCUT2D eigenvalue weighted by molar-refractivity contribution is 0.0190. The molecule has 1 heterocycles. The lowest BCUT2D eigenvalue weighted by Crippen LogP contribution is -2.18. The van der Waals surface area contributed by atoms with Gasteiger partial charge in [0.2, 0.25) is 0 Å². The van der Waals surface area contributed by atoms with Crippen LogP contribution in [-0.4, -0.2) is 23.1 Å². The molecule has 1 unspecified atom stereocenters. The van der Waals surface area contributed by atoms with Gasteiger partial charge in [0.25, 0.3) is 5.91 Å². The van der Waals surface area contributed by atoms with Gasteiger partial charge in [-0.15, -0.1) is 0 Å². The molecule has 0 bridgehead atoms. The van der Waals surface area contributed by atoms with Crippen LogP contribution in [0.4, 0.5) is 10.1 Å². The molecule has 0 aliphatic heterocycles. The molecule has 0 spiro atoms. The predicted molar refractivity (Wildman–Crippen MR) is 119 cm³/mol. The van der Waals surface area contributed by atoms with E-state index in [9.17, 15) is 9.18 Å². The fourth-order valence-electron chi connectivity index (χ4n) is 3.22. The Morgan fingerprint density at radius 3 is 2.16 bits per heavy atom. The Labute approximate surface area is 182 Å². The van der Waals surface area contributed by atoms with E-state index in [1.54, 1.807) is 42.5 Å². The van der Waals surface area contributed by atoms with Crippen molar-refractivity contribution in [2.45, 2.75) is 46.3 Å². The number of carbonyl (C=O) groups excluding carboxylic acids is 1. The Morgan fingerprint density at radius 1 is 0.968 bits per heavy atom. The summed E-state index contributed by atoms with van der Waals surface area (Å²) in [6, 6.07) is 16.4. The van der Waals surface area contributed by atoms with Gasteiger partial charge >= 0.3 is 0 Å². The van der Waals surface area contributed by atoms with Gasteiger partial charge in [0.15, 0.2) is 0 Å². The van der Waals surface area contributed by atoms with Crippen molar-refractivity contribution in [2.75, 3.05) is 5.32 Å². The van der Waals surface area contributed by atoms with Crippen LogP contribution in [0.2, 0.25) is 0 Å². The van der Waals surface area contributed by atoms with Crippen LogP contribution >= 0.6 is 0 Å². The highest BCUT2D eigenvalue weighted by atomic mass is 19.1. The van der Waals surface area contributed by atoms with Crippen molar-refractivity contribution in [1.29, 1.82) is 0 Å². The van der Waals surface area contributed by atoms with E-state index in [1.807, 2.05) is 33.8 Å². The molecule has 0 fully saturated rings. The average Bonchev–Trinajstić information content (AvgIpc) is 2.70. The largest absolute Gasteiger partial charge is 0.457 e. The van der Waals surface area contributed by atoms with E-state index in [2.05, 4.69) is 10.3 Å². The minimum Gasteiger partial charge on any atom is -0.457 e. The summed E-state index contributed by atoms with van der Waals surface area (Å²) >= 11 is 0. The molecule has 31 heavy (non-hydrogen) atoms. The third-order valence-electron chi connectivity index (χ3n) is 4.55. The summed E-state index contributed by atoms with van der Waals surface area (Å²) in [4.78, 5) is 17.2. The van der Waals surface area contributed by atoms with Crippen LogP contribution in [0.25, 0.3) is 0 Å². The molecule has 3 aromatic rings. The third kappa shape index (κ3) is 6.62. The van der Waals surface area contributed by atoms with Crippen LogP contribution in [0.15, 0.2) is 60.7 Å². The molecule has 0 radical (unpaired) electrons. The second-order valence-electron chi connectivity index (χ2n) is 7.67. The molecule has 162 valence electrons. The lowest BCUT2D eigenvalue weighted by Gasteiger charge is -2.16. The van der Waals surface area contributed by atoms with Crippen molar-refractivity contribution >= 4 is 11.6 Å². The molecular formula is C25H27FN2O3. The van der Waals surface area contributed by atoms with E-state index >= 15 is 0 Å². The Bertz CT molecular complexity index is 1020. The van der Waals surface area contributed by atoms with Gasteiger partial charge in [0.05, 0.1) is 23.5 Å². The number of pyridine rings is 1. The van der Waals surface area contributed by atoms with E-state index in [1.165, 1.54) is 12.1 Å². The number of aryl methyl sites for hydroxylation is 1. The Balaban J connectivity index is 1.61. The number of rotatable bonds is 8. The number of anilines is 1. The summed E-state index contributed by atoms with van der Waals surface area (Å²) in [7, 11) is 0. The zero-order chi connectivity index (χ0) is 22.4. The van der Waals surface area contributed by atoms with E-state index in [0.717, 1.165) is 5.69 Å². The van der Waals surface area contributed by atoms with Crippen LogP contribution in [-0.2, 0) is 11.2 Å². The van der Waals surface area contributed by atoms with E-state index in [0.29, 0.717) is 34.9 Å². The van der Waals surface area contributed by atoms with Gasteiger partial charge in [-0.05, 0) is 88.4 Å². The fourth-order valence-corrected chi connectivity index (χ4v) is 3.22. The van der Waals surface area contributed by atoms with Crippen LogP contribution in [0.3, 0.4) is 0 Å². The first kappa shape index (κ1) is 22.4. The second kappa shape index (κ2) is 10.2. The van der Waals surface area contributed by atoms with Gasteiger partial charge in [0, 0.05) is 17.8 Å². The van der Waals surface area contributed by atoms with Gasteiger partial charge in [-0.1, -0.05) is 0 Å². The number of aromatic nitrogens is 1. The highest BCUT2D eigenvalue weighted by Gasteiger charge is 2.13. The second-order valence-corrected chi connectivity index (χ2v) is 7.67. The molecule has 1 aromatic heterocycles. The van der Waals surface area contributed by atoms with Crippen molar-refractivity contribution in [3.05, 3.63) is 83.4 Å². The first-order chi connectivity index (χ1) is 14.8. The van der Waals surface area contributed by atoms with Crippen molar-refractivity contribution in [3.8, 4) is 11.5 Å². The number of ether oxygens (including phenoxy) is 2. The number of amides is 1. The minimum absolute atomic E-state index is 0.0576. The topological polar surface area (TPSA) is 60.5 Å². The van der Waals surface area contributed by atoms with Crippen molar-refractivity contribution < 1.29 is 18.7 Å². The van der Waals surface area contributed by atoms with E-state index < -0.39 is 0 Å². The number of halogens is 1. The minimum atomic E-state index is -0.318. The molecular weight excluding hydrogens is 395 g/mol. The molecule has 3 rings (SSSR count).